The van der Waals surface area contributed by atoms with Crippen LogP contribution in [-0.2, 0) is 12.8 Å². The fraction of sp³-hybridized carbons (Fsp3) is 0.778. The summed E-state index contributed by atoms with van der Waals surface area (Å²) in [4.78, 5) is 0. The second-order valence-electron chi connectivity index (χ2n) is 10.5. The van der Waals surface area contributed by atoms with Crippen molar-refractivity contribution in [3.63, 3.8) is 0 Å². The van der Waals surface area contributed by atoms with Gasteiger partial charge in [-0.05, 0) is 104 Å². The van der Waals surface area contributed by atoms with Gasteiger partial charge in [-0.2, -0.15) is 0 Å². The Labute approximate surface area is 183 Å². The van der Waals surface area contributed by atoms with E-state index in [0.29, 0.717) is 5.02 Å². The van der Waals surface area contributed by atoms with E-state index in [1.807, 2.05) is 6.07 Å². The van der Waals surface area contributed by atoms with Crippen LogP contribution in [0.2, 0.25) is 5.02 Å². The molecule has 5 atom stereocenters. The molecule has 5 unspecified atom stereocenters. The Kier molecular flexibility index (Phi) is 7.59. The van der Waals surface area contributed by atoms with Gasteiger partial charge in [-0.1, -0.05) is 63.5 Å². The van der Waals surface area contributed by atoms with Gasteiger partial charge in [0, 0.05) is 0 Å². The van der Waals surface area contributed by atoms with Crippen molar-refractivity contribution in [2.45, 2.75) is 103 Å². The van der Waals surface area contributed by atoms with Crippen molar-refractivity contribution in [1.82, 2.24) is 0 Å². The van der Waals surface area contributed by atoms with Crippen molar-refractivity contribution >= 4 is 11.6 Å². The molecular weight excluding hydrogens is 379 g/mol. The molecule has 4 rings (SSSR count). The number of benzene rings is 1. The first-order valence-electron chi connectivity index (χ1n) is 12.6. The quantitative estimate of drug-likeness (QED) is 0.388. The van der Waals surface area contributed by atoms with E-state index >= 15 is 0 Å². The number of hydrogen-bond donors (Lipinski definition) is 0. The van der Waals surface area contributed by atoms with Crippen LogP contribution in [0.15, 0.2) is 12.1 Å². The van der Waals surface area contributed by atoms with Crippen LogP contribution in [0.3, 0.4) is 0 Å². The van der Waals surface area contributed by atoms with Crippen LogP contribution >= 0.6 is 11.6 Å². The highest BCUT2D eigenvalue weighted by atomic mass is 35.5. The molecule has 162 valence electrons. The molecule has 0 heterocycles. The molecule has 3 aliphatic carbocycles. The predicted octanol–water partition coefficient (Wildman–Crippen LogP) is 8.78. The van der Waals surface area contributed by atoms with Crippen molar-refractivity contribution in [3.8, 4) is 0 Å². The van der Waals surface area contributed by atoms with Gasteiger partial charge < -0.3 is 0 Å². The van der Waals surface area contributed by atoms with Crippen molar-refractivity contribution in [2.75, 3.05) is 0 Å². The van der Waals surface area contributed by atoms with Gasteiger partial charge in [-0.15, -0.1) is 0 Å². The van der Waals surface area contributed by atoms with Crippen LogP contribution in [0.4, 0.5) is 4.39 Å². The molecule has 1 aromatic carbocycles. The zero-order valence-corrected chi connectivity index (χ0v) is 19.2. The Morgan fingerprint density at radius 2 is 1.55 bits per heavy atom. The molecule has 2 heteroatoms. The lowest BCUT2D eigenvalue weighted by molar-refractivity contribution is 0.0689. The highest BCUT2D eigenvalue weighted by Crippen LogP contribution is 2.49. The molecule has 0 saturated heterocycles. The number of fused-ring (bicyclic) bond motifs is 2. The molecule has 0 amide bonds. The summed E-state index contributed by atoms with van der Waals surface area (Å²) in [5.41, 5.74) is 2.53. The summed E-state index contributed by atoms with van der Waals surface area (Å²) in [6.07, 6.45) is 20.9. The van der Waals surface area contributed by atoms with E-state index < -0.39 is 0 Å². The molecule has 0 nitrogen and oxygen atoms in total. The van der Waals surface area contributed by atoms with Gasteiger partial charge in [0.1, 0.15) is 5.82 Å². The lowest BCUT2D eigenvalue weighted by atomic mass is 9.61. The van der Waals surface area contributed by atoms with Crippen molar-refractivity contribution in [1.29, 1.82) is 0 Å². The molecular formula is C27H40ClF. The second-order valence-corrected chi connectivity index (χ2v) is 10.9. The minimum absolute atomic E-state index is 0.234. The molecule has 1 aromatic rings. The van der Waals surface area contributed by atoms with E-state index in [2.05, 4.69) is 6.92 Å². The van der Waals surface area contributed by atoms with E-state index in [4.69, 9.17) is 11.6 Å². The molecule has 0 radical (unpaired) electrons. The van der Waals surface area contributed by atoms with Crippen LogP contribution < -0.4 is 0 Å². The van der Waals surface area contributed by atoms with Gasteiger partial charge in [0.2, 0.25) is 0 Å². The van der Waals surface area contributed by atoms with Gasteiger partial charge >= 0.3 is 0 Å². The fourth-order valence-corrected chi connectivity index (χ4v) is 7.12. The molecule has 0 bridgehead atoms. The molecule has 0 N–H and O–H groups in total. The summed E-state index contributed by atoms with van der Waals surface area (Å²) in [6.45, 7) is 2.30. The zero-order chi connectivity index (χ0) is 20.2. The third-order valence-corrected chi connectivity index (χ3v) is 8.94. The largest absolute Gasteiger partial charge is 0.205 e. The average molecular weight is 419 g/mol. The van der Waals surface area contributed by atoms with Crippen LogP contribution in [0.1, 0.15) is 102 Å². The van der Waals surface area contributed by atoms with Crippen molar-refractivity contribution < 1.29 is 4.39 Å². The summed E-state index contributed by atoms with van der Waals surface area (Å²) in [5.74, 6) is 4.40. The Morgan fingerprint density at radius 3 is 2.38 bits per heavy atom. The second kappa shape index (κ2) is 10.2. The van der Waals surface area contributed by atoms with E-state index in [1.54, 1.807) is 6.07 Å². The normalized spacial score (nSPS) is 31.9. The number of hydrogen-bond acceptors (Lipinski definition) is 0. The van der Waals surface area contributed by atoms with Crippen molar-refractivity contribution in [3.05, 3.63) is 34.1 Å². The first-order chi connectivity index (χ1) is 14.1. The molecule has 2 saturated carbocycles. The molecule has 2 fully saturated rings. The number of aryl methyl sites for hydroxylation is 1. The summed E-state index contributed by atoms with van der Waals surface area (Å²) >= 11 is 6.00. The summed E-state index contributed by atoms with van der Waals surface area (Å²) in [5, 5.41) is 0.296. The lowest BCUT2D eigenvalue weighted by Crippen LogP contribution is -2.35. The van der Waals surface area contributed by atoms with Gasteiger partial charge in [0.25, 0.3) is 0 Å². The standard InChI is InChI=1S/C27H40ClF/c1-2-3-4-5-6-7-19-8-9-21-15-22(11-10-20(21)14-19)23-12-13-24-17-26(28)27(29)18-25(24)16-23/h17-23H,2-16H2,1H3. The highest BCUT2D eigenvalue weighted by molar-refractivity contribution is 6.30. The molecule has 3 aliphatic rings. The predicted molar refractivity (Wildman–Crippen MR) is 122 cm³/mol. The first-order valence-corrected chi connectivity index (χ1v) is 13.0. The van der Waals surface area contributed by atoms with Gasteiger partial charge in [0.15, 0.2) is 0 Å². The third-order valence-electron chi connectivity index (χ3n) is 8.65. The Bertz CT molecular complexity index is 669. The number of halogens is 2. The molecule has 0 aliphatic heterocycles. The highest BCUT2D eigenvalue weighted by Gasteiger charge is 2.38. The van der Waals surface area contributed by atoms with Crippen LogP contribution in [0, 0.1) is 35.4 Å². The first kappa shape index (κ1) is 21.7. The van der Waals surface area contributed by atoms with Crippen LogP contribution in [0.25, 0.3) is 0 Å². The smallest absolute Gasteiger partial charge is 0.142 e. The Hall–Kier alpha value is -0.560. The fourth-order valence-electron chi connectivity index (χ4n) is 6.93. The Balaban J connectivity index is 1.25. The van der Waals surface area contributed by atoms with E-state index in [1.165, 1.54) is 94.6 Å². The number of unbranched alkanes of at least 4 members (excludes halogenated alkanes) is 4. The van der Waals surface area contributed by atoms with E-state index in [-0.39, 0.29) is 5.82 Å². The van der Waals surface area contributed by atoms with E-state index in [0.717, 1.165) is 42.4 Å². The minimum Gasteiger partial charge on any atom is -0.205 e. The summed E-state index contributed by atoms with van der Waals surface area (Å²) in [6, 6.07) is 3.60. The van der Waals surface area contributed by atoms with E-state index in [9.17, 15) is 4.39 Å². The van der Waals surface area contributed by atoms with Gasteiger partial charge in [-0.3, -0.25) is 0 Å². The third kappa shape index (κ3) is 5.38. The summed E-state index contributed by atoms with van der Waals surface area (Å²) in [7, 11) is 0. The van der Waals surface area contributed by atoms with Gasteiger partial charge in [-0.25, -0.2) is 4.39 Å². The maximum absolute atomic E-state index is 14.0. The minimum atomic E-state index is -0.234. The topological polar surface area (TPSA) is 0 Å². The zero-order valence-electron chi connectivity index (χ0n) is 18.4. The van der Waals surface area contributed by atoms with Crippen LogP contribution in [0.5, 0.6) is 0 Å². The SMILES string of the molecule is CCCCCCCC1CCC2CC(C3CCc4cc(Cl)c(F)cc4C3)CCC2C1. The van der Waals surface area contributed by atoms with Crippen molar-refractivity contribution in [2.24, 2.45) is 29.6 Å². The maximum Gasteiger partial charge on any atom is 0.142 e. The molecule has 0 aromatic heterocycles. The molecule has 29 heavy (non-hydrogen) atoms. The maximum atomic E-state index is 14.0. The summed E-state index contributed by atoms with van der Waals surface area (Å²) < 4.78 is 14.0. The number of rotatable bonds is 7. The lowest BCUT2D eigenvalue weighted by Gasteiger charge is -2.45. The Morgan fingerprint density at radius 1 is 0.828 bits per heavy atom. The molecule has 0 spiro atoms. The van der Waals surface area contributed by atoms with Gasteiger partial charge in [0.05, 0.1) is 5.02 Å². The monoisotopic (exact) mass is 418 g/mol. The average Bonchev–Trinajstić information content (AvgIpc) is 2.73. The van der Waals surface area contributed by atoms with Crippen LogP contribution in [-0.4, -0.2) is 0 Å².